The van der Waals surface area contributed by atoms with Crippen LogP contribution in [-0.2, 0) is 13.1 Å². The summed E-state index contributed by atoms with van der Waals surface area (Å²) < 4.78 is 15.9. The number of hydrogen-bond donors (Lipinski definition) is 2. The fraction of sp³-hybridized carbons (Fsp3) is 0.444. The van der Waals surface area contributed by atoms with Gasteiger partial charge in [0.2, 0.25) is 6.79 Å². The van der Waals surface area contributed by atoms with Crippen LogP contribution < -0.4 is 19.7 Å². The first-order chi connectivity index (χ1) is 12.7. The molecule has 1 aromatic heterocycles. The Hall–Kier alpha value is -2.32. The van der Waals surface area contributed by atoms with Gasteiger partial charge in [0.25, 0.3) is 0 Å². The Morgan fingerprint density at radius 1 is 1.23 bits per heavy atom. The highest BCUT2D eigenvalue weighted by Crippen LogP contribution is 2.32. The number of rotatable bonds is 4. The van der Waals surface area contributed by atoms with Crippen LogP contribution in [0.4, 0.5) is 0 Å². The Balaban J connectivity index is 1.23. The number of nitrogens with one attached hydrogen (secondary N) is 2. The number of ether oxygens (including phenoxy) is 2. The number of aromatic nitrogens is 1. The largest absolute Gasteiger partial charge is 0.454 e. The van der Waals surface area contributed by atoms with E-state index in [9.17, 15) is 0 Å². The Labute approximate surface area is 157 Å². The van der Waals surface area contributed by atoms with E-state index in [0.29, 0.717) is 13.3 Å². The van der Waals surface area contributed by atoms with Crippen LogP contribution in [0.25, 0.3) is 0 Å². The van der Waals surface area contributed by atoms with Crippen LogP contribution in [0.15, 0.2) is 28.8 Å². The Morgan fingerprint density at radius 3 is 2.81 bits per heavy atom. The topological polar surface area (TPSA) is 64.2 Å². The highest BCUT2D eigenvalue weighted by atomic mass is 32.1. The van der Waals surface area contributed by atoms with Crippen molar-refractivity contribution in [3.05, 3.63) is 41.3 Å². The minimum Gasteiger partial charge on any atom is -0.454 e. The van der Waals surface area contributed by atoms with E-state index in [1.54, 1.807) is 0 Å². The first-order valence-electron chi connectivity index (χ1n) is 8.84. The number of nitrogens with zero attached hydrogens (tertiary/aromatic N) is 2. The van der Waals surface area contributed by atoms with Gasteiger partial charge in [-0.1, -0.05) is 11.2 Å². The molecule has 0 saturated carbocycles. The molecule has 0 unspecified atom stereocenters. The summed E-state index contributed by atoms with van der Waals surface area (Å²) in [5.41, 5.74) is 2.15. The van der Waals surface area contributed by atoms with Crippen LogP contribution in [0.3, 0.4) is 0 Å². The molecule has 0 radical (unpaired) electrons. The second-order valence-corrected chi connectivity index (χ2v) is 7.08. The summed E-state index contributed by atoms with van der Waals surface area (Å²) in [6, 6.07) is 7.98. The molecule has 8 heteroatoms. The Bertz CT molecular complexity index is 786. The van der Waals surface area contributed by atoms with Crippen LogP contribution in [0, 0.1) is 6.92 Å². The van der Waals surface area contributed by atoms with E-state index in [-0.39, 0.29) is 0 Å². The molecule has 0 amide bonds. The predicted molar refractivity (Wildman–Crippen MR) is 99.2 cm³/mol. The summed E-state index contributed by atoms with van der Waals surface area (Å²) >= 11 is 5.57. The molecular formula is C18H23N4O3S+. The number of fused-ring (bicyclic) bond motifs is 1. The van der Waals surface area contributed by atoms with Crippen molar-refractivity contribution in [1.82, 2.24) is 15.4 Å². The number of aryl methyl sites for hydroxylation is 1. The van der Waals surface area contributed by atoms with Crippen molar-refractivity contribution in [2.45, 2.75) is 20.0 Å². The van der Waals surface area contributed by atoms with Crippen molar-refractivity contribution in [3.63, 3.8) is 0 Å². The lowest BCUT2D eigenvalue weighted by Gasteiger charge is -2.33. The van der Waals surface area contributed by atoms with Crippen molar-refractivity contribution in [3.8, 4) is 11.5 Å². The Morgan fingerprint density at radius 2 is 2.04 bits per heavy atom. The van der Waals surface area contributed by atoms with Gasteiger partial charge < -0.3 is 29.1 Å². The molecule has 3 heterocycles. The van der Waals surface area contributed by atoms with Crippen molar-refractivity contribution < 1.29 is 18.9 Å². The summed E-state index contributed by atoms with van der Waals surface area (Å²) in [7, 11) is 0. The molecule has 1 aromatic carbocycles. The molecule has 1 fully saturated rings. The maximum atomic E-state index is 5.57. The second-order valence-electron chi connectivity index (χ2n) is 6.69. The van der Waals surface area contributed by atoms with Crippen molar-refractivity contribution in [2.75, 3.05) is 33.0 Å². The number of thiocarbonyl (C=S) groups is 1. The lowest BCUT2D eigenvalue weighted by molar-refractivity contribution is -0.917. The van der Waals surface area contributed by atoms with Crippen molar-refractivity contribution in [1.29, 1.82) is 0 Å². The van der Waals surface area contributed by atoms with Gasteiger partial charge in [0, 0.05) is 12.6 Å². The van der Waals surface area contributed by atoms with E-state index >= 15 is 0 Å². The summed E-state index contributed by atoms with van der Waals surface area (Å²) in [4.78, 5) is 3.74. The molecule has 138 valence electrons. The van der Waals surface area contributed by atoms with Gasteiger partial charge in [0.05, 0.1) is 26.2 Å². The van der Waals surface area contributed by atoms with E-state index < -0.39 is 0 Å². The predicted octanol–water partition coefficient (Wildman–Crippen LogP) is 0.487. The molecular weight excluding hydrogens is 352 g/mol. The molecule has 2 aliphatic rings. The van der Waals surface area contributed by atoms with Gasteiger partial charge in [-0.2, -0.15) is 0 Å². The van der Waals surface area contributed by atoms with Crippen molar-refractivity contribution in [2.24, 2.45) is 0 Å². The van der Waals surface area contributed by atoms with Crippen LogP contribution in [0.2, 0.25) is 0 Å². The van der Waals surface area contributed by atoms with Crippen LogP contribution in [0.1, 0.15) is 17.0 Å². The summed E-state index contributed by atoms with van der Waals surface area (Å²) in [6.45, 7) is 7.77. The molecule has 1 saturated heterocycles. The zero-order chi connectivity index (χ0) is 17.9. The van der Waals surface area contributed by atoms with Gasteiger partial charge in [-0.3, -0.25) is 0 Å². The standard InChI is InChI=1S/C18H22N4O3S/c1-13-8-15(20-25-13)11-21-4-6-22(7-5-21)18(26)19-10-14-2-3-16-17(9-14)24-12-23-16/h2-3,8-9H,4-7,10-12H2,1H3,(H,19,26)/p+1. The number of benzene rings is 1. The Kier molecular flexibility index (Phi) is 4.94. The van der Waals surface area contributed by atoms with E-state index in [1.807, 2.05) is 31.2 Å². The second kappa shape index (κ2) is 7.51. The zero-order valence-corrected chi connectivity index (χ0v) is 15.6. The van der Waals surface area contributed by atoms with Gasteiger partial charge in [-0.25, -0.2) is 0 Å². The quantitative estimate of drug-likeness (QED) is 0.754. The first kappa shape index (κ1) is 17.1. The third-order valence-electron chi connectivity index (χ3n) is 4.75. The highest BCUT2D eigenvalue weighted by Gasteiger charge is 2.23. The third-order valence-corrected chi connectivity index (χ3v) is 5.15. The molecule has 2 aromatic rings. The third kappa shape index (κ3) is 3.91. The molecule has 0 aliphatic carbocycles. The average Bonchev–Trinajstić information content (AvgIpc) is 3.28. The lowest BCUT2D eigenvalue weighted by atomic mass is 10.2. The van der Waals surface area contributed by atoms with Gasteiger partial charge in [-0.15, -0.1) is 0 Å². The zero-order valence-electron chi connectivity index (χ0n) is 14.8. The van der Waals surface area contributed by atoms with Gasteiger partial charge in [0.15, 0.2) is 16.6 Å². The average molecular weight is 375 g/mol. The maximum Gasteiger partial charge on any atom is 0.231 e. The molecule has 4 rings (SSSR count). The number of piperazine rings is 1. The minimum absolute atomic E-state index is 0.297. The summed E-state index contributed by atoms with van der Waals surface area (Å²) in [5.74, 6) is 2.47. The van der Waals surface area contributed by atoms with E-state index in [4.69, 9.17) is 26.2 Å². The highest BCUT2D eigenvalue weighted by molar-refractivity contribution is 7.80. The molecule has 0 bridgehead atoms. The first-order valence-corrected chi connectivity index (χ1v) is 9.25. The monoisotopic (exact) mass is 375 g/mol. The van der Waals surface area contributed by atoms with Crippen LogP contribution >= 0.6 is 12.2 Å². The molecule has 7 nitrogen and oxygen atoms in total. The normalized spacial score (nSPS) is 16.7. The smallest absolute Gasteiger partial charge is 0.231 e. The van der Waals surface area contributed by atoms with Gasteiger partial charge in [0.1, 0.15) is 18.0 Å². The fourth-order valence-electron chi connectivity index (χ4n) is 3.30. The van der Waals surface area contributed by atoms with Crippen LogP contribution in [0.5, 0.6) is 11.5 Å². The van der Waals surface area contributed by atoms with Crippen LogP contribution in [-0.4, -0.2) is 48.1 Å². The molecule has 0 atom stereocenters. The number of hydrogen-bond acceptors (Lipinski definition) is 5. The van der Waals surface area contributed by atoms with Crippen molar-refractivity contribution >= 4 is 17.3 Å². The fourth-order valence-corrected chi connectivity index (χ4v) is 3.56. The maximum absolute atomic E-state index is 5.57. The van der Waals surface area contributed by atoms with Gasteiger partial charge >= 0.3 is 0 Å². The lowest BCUT2D eigenvalue weighted by Crippen LogP contribution is -3.13. The SMILES string of the molecule is Cc1cc(C[NH+]2CCN(C(=S)NCc3ccc4c(c3)OCO4)CC2)no1. The molecule has 2 aliphatic heterocycles. The molecule has 26 heavy (non-hydrogen) atoms. The summed E-state index contributed by atoms with van der Waals surface area (Å²) in [5, 5.41) is 8.24. The van der Waals surface area contributed by atoms with E-state index in [1.165, 1.54) is 4.90 Å². The molecule has 0 spiro atoms. The molecule has 2 N–H and O–H groups in total. The van der Waals surface area contributed by atoms with E-state index in [0.717, 1.165) is 66.4 Å². The number of quaternary nitrogens is 1. The van der Waals surface area contributed by atoms with E-state index in [2.05, 4.69) is 15.4 Å². The summed E-state index contributed by atoms with van der Waals surface area (Å²) in [6.07, 6.45) is 0. The van der Waals surface area contributed by atoms with Gasteiger partial charge in [-0.05, 0) is 36.8 Å². The minimum atomic E-state index is 0.297.